The third-order valence-electron chi connectivity index (χ3n) is 5.94. The average molecular weight is 426 g/mol. The second-order valence-electron chi connectivity index (χ2n) is 8.51. The molecule has 0 unspecified atom stereocenters. The van der Waals surface area contributed by atoms with Crippen LogP contribution < -0.4 is 15.0 Å². The van der Waals surface area contributed by atoms with Crippen molar-refractivity contribution < 1.29 is 14.6 Å². The number of hydrogen-bond acceptors (Lipinski definition) is 7. The first-order valence-electron chi connectivity index (χ1n) is 11.0. The predicted molar refractivity (Wildman–Crippen MR) is 118 cm³/mol. The summed E-state index contributed by atoms with van der Waals surface area (Å²) in [5.41, 5.74) is 0.258. The highest BCUT2D eigenvalue weighted by atomic mass is 16.5. The highest BCUT2D eigenvalue weighted by Crippen LogP contribution is 2.24. The third-order valence-corrected chi connectivity index (χ3v) is 5.94. The predicted octanol–water partition coefficient (Wildman–Crippen LogP) is 1.60. The van der Waals surface area contributed by atoms with Crippen molar-refractivity contribution in [3.63, 3.8) is 0 Å². The zero-order valence-corrected chi connectivity index (χ0v) is 17.9. The molecule has 1 atom stereocenters. The monoisotopic (exact) mass is 425 g/mol. The maximum Gasteiger partial charge on any atom is 0.258 e. The minimum atomic E-state index is -0.997. The Morgan fingerprint density at radius 2 is 1.94 bits per heavy atom. The van der Waals surface area contributed by atoms with E-state index in [0.717, 1.165) is 25.3 Å². The number of piperidine rings is 1. The highest BCUT2D eigenvalue weighted by Gasteiger charge is 2.34. The molecule has 1 amide bonds. The van der Waals surface area contributed by atoms with Gasteiger partial charge in [0, 0.05) is 38.6 Å². The first-order chi connectivity index (χ1) is 15.1. The summed E-state index contributed by atoms with van der Waals surface area (Å²) >= 11 is 0. The Bertz CT molecular complexity index is 842. The van der Waals surface area contributed by atoms with Gasteiger partial charge in [0.15, 0.2) is 6.61 Å². The van der Waals surface area contributed by atoms with Crippen LogP contribution in [-0.4, -0.2) is 70.8 Å². The van der Waals surface area contributed by atoms with Crippen molar-refractivity contribution in [2.24, 2.45) is 0 Å². The van der Waals surface area contributed by atoms with Crippen molar-refractivity contribution >= 4 is 11.7 Å². The number of aromatic nitrogens is 2. The molecule has 2 saturated heterocycles. The first-order valence-corrected chi connectivity index (χ1v) is 11.0. The normalized spacial score (nSPS) is 21.8. The molecule has 0 saturated carbocycles. The first kappa shape index (κ1) is 21.5. The molecule has 2 fully saturated rings. The van der Waals surface area contributed by atoms with Gasteiger partial charge in [-0.15, -0.1) is 0 Å². The van der Waals surface area contributed by atoms with Gasteiger partial charge >= 0.3 is 0 Å². The molecule has 4 rings (SSSR count). The van der Waals surface area contributed by atoms with Crippen molar-refractivity contribution in [1.82, 2.24) is 20.2 Å². The molecule has 2 N–H and O–H groups in total. The molecular formula is C23H31N5O3. The maximum absolute atomic E-state index is 12.3. The van der Waals surface area contributed by atoms with Crippen LogP contribution in [0.5, 0.6) is 5.75 Å². The summed E-state index contributed by atoms with van der Waals surface area (Å²) in [5.74, 6) is 1.17. The summed E-state index contributed by atoms with van der Waals surface area (Å²) in [4.78, 5) is 25.1. The van der Waals surface area contributed by atoms with Gasteiger partial charge in [-0.2, -0.15) is 0 Å². The van der Waals surface area contributed by atoms with Crippen LogP contribution in [0, 0.1) is 0 Å². The number of anilines is 1. The van der Waals surface area contributed by atoms with E-state index in [0.29, 0.717) is 18.7 Å². The lowest BCUT2D eigenvalue weighted by atomic mass is 9.92. The lowest BCUT2D eigenvalue weighted by molar-refractivity contribution is -0.124. The fraction of sp³-hybridized carbons (Fsp3) is 0.522. The summed E-state index contributed by atoms with van der Waals surface area (Å²) in [5, 5.41) is 13.7. The smallest absolute Gasteiger partial charge is 0.258 e. The van der Waals surface area contributed by atoms with E-state index in [2.05, 4.69) is 32.3 Å². The van der Waals surface area contributed by atoms with Crippen molar-refractivity contribution in [3.05, 3.63) is 48.4 Å². The largest absolute Gasteiger partial charge is 0.484 e. The Balaban J connectivity index is 1.20. The molecule has 0 spiro atoms. The molecule has 2 aliphatic heterocycles. The average Bonchev–Trinajstić information content (AvgIpc) is 3.31. The Hall–Kier alpha value is -2.71. The van der Waals surface area contributed by atoms with Crippen LogP contribution in [0.2, 0.25) is 0 Å². The second kappa shape index (κ2) is 10.1. The SMILES string of the molecule is O=C(COc1ccc(CN2CCCC2)cc1)NC[C@]1(O)CCCN(c2cnccn2)C1. The van der Waals surface area contributed by atoms with Crippen LogP contribution in [0.15, 0.2) is 42.9 Å². The van der Waals surface area contributed by atoms with E-state index in [4.69, 9.17) is 4.74 Å². The molecule has 166 valence electrons. The number of carbonyl (C=O) groups excluding carboxylic acids is 1. The zero-order chi connectivity index (χ0) is 21.5. The van der Waals surface area contributed by atoms with Gasteiger partial charge in [0.25, 0.3) is 5.91 Å². The van der Waals surface area contributed by atoms with Gasteiger partial charge in [-0.05, 0) is 56.5 Å². The van der Waals surface area contributed by atoms with Crippen molar-refractivity contribution in [2.45, 2.75) is 37.8 Å². The van der Waals surface area contributed by atoms with E-state index < -0.39 is 5.60 Å². The molecule has 0 bridgehead atoms. The Kier molecular flexibility index (Phi) is 6.99. The molecule has 8 nitrogen and oxygen atoms in total. The number of rotatable bonds is 8. The van der Waals surface area contributed by atoms with Crippen LogP contribution in [0.25, 0.3) is 0 Å². The summed E-state index contributed by atoms with van der Waals surface area (Å²) in [6.07, 6.45) is 8.97. The Morgan fingerprint density at radius 1 is 1.13 bits per heavy atom. The number of β-amino-alcohol motifs (C(OH)–C–C–N with tert-alkyl or cyclic N) is 1. The third kappa shape index (κ3) is 6.15. The lowest BCUT2D eigenvalue weighted by Crippen LogP contribution is -2.55. The van der Waals surface area contributed by atoms with E-state index in [1.54, 1.807) is 18.6 Å². The number of hydrogen-bond donors (Lipinski definition) is 2. The van der Waals surface area contributed by atoms with Gasteiger partial charge in [-0.1, -0.05) is 12.1 Å². The van der Waals surface area contributed by atoms with E-state index >= 15 is 0 Å². The topological polar surface area (TPSA) is 90.8 Å². The van der Waals surface area contributed by atoms with Crippen LogP contribution >= 0.6 is 0 Å². The summed E-state index contributed by atoms with van der Waals surface area (Å²) in [6, 6.07) is 7.92. The number of nitrogens with one attached hydrogen (secondary N) is 1. The fourth-order valence-electron chi connectivity index (χ4n) is 4.26. The number of carbonyl (C=O) groups is 1. The van der Waals surface area contributed by atoms with Crippen LogP contribution in [0.1, 0.15) is 31.2 Å². The summed E-state index contributed by atoms with van der Waals surface area (Å²) in [6.45, 7) is 4.63. The van der Waals surface area contributed by atoms with Crippen LogP contribution in [0.3, 0.4) is 0 Å². The Labute approximate surface area is 183 Å². The fourth-order valence-corrected chi connectivity index (χ4v) is 4.26. The minimum Gasteiger partial charge on any atom is -0.484 e. The number of benzene rings is 1. The summed E-state index contributed by atoms with van der Waals surface area (Å²) < 4.78 is 5.62. The van der Waals surface area contributed by atoms with E-state index in [9.17, 15) is 9.90 Å². The Morgan fingerprint density at radius 3 is 2.68 bits per heavy atom. The van der Waals surface area contributed by atoms with E-state index in [-0.39, 0.29) is 19.1 Å². The van der Waals surface area contributed by atoms with Gasteiger partial charge in [0.2, 0.25) is 0 Å². The molecule has 31 heavy (non-hydrogen) atoms. The van der Waals surface area contributed by atoms with Crippen LogP contribution in [-0.2, 0) is 11.3 Å². The zero-order valence-electron chi connectivity index (χ0n) is 17.9. The van der Waals surface area contributed by atoms with Gasteiger partial charge in [0.05, 0.1) is 11.8 Å². The van der Waals surface area contributed by atoms with Crippen LogP contribution in [0.4, 0.5) is 5.82 Å². The maximum atomic E-state index is 12.3. The molecule has 1 aromatic carbocycles. The van der Waals surface area contributed by atoms with E-state index in [1.807, 2.05) is 17.0 Å². The van der Waals surface area contributed by atoms with Gasteiger partial charge in [-0.3, -0.25) is 14.7 Å². The lowest BCUT2D eigenvalue weighted by Gasteiger charge is -2.39. The van der Waals surface area contributed by atoms with Crippen molar-refractivity contribution in [2.75, 3.05) is 44.2 Å². The number of nitrogens with zero attached hydrogens (tertiary/aromatic N) is 4. The minimum absolute atomic E-state index is 0.0740. The molecule has 2 aliphatic rings. The number of aliphatic hydroxyl groups is 1. The quantitative estimate of drug-likeness (QED) is 0.664. The van der Waals surface area contributed by atoms with E-state index in [1.165, 1.54) is 31.5 Å². The van der Waals surface area contributed by atoms with Crippen molar-refractivity contribution in [3.8, 4) is 5.75 Å². The number of likely N-dealkylation sites (tertiary alicyclic amines) is 1. The molecule has 3 heterocycles. The van der Waals surface area contributed by atoms with Gasteiger partial charge < -0.3 is 20.1 Å². The van der Waals surface area contributed by atoms with Gasteiger partial charge in [0.1, 0.15) is 11.6 Å². The van der Waals surface area contributed by atoms with Gasteiger partial charge in [-0.25, -0.2) is 4.98 Å². The standard InChI is InChI=1S/C23H31N5O3/c29-22(16-31-20-6-4-19(5-7-20)15-27-11-1-2-12-27)26-17-23(30)8-3-13-28(18-23)21-14-24-9-10-25-21/h4-7,9-10,14,30H,1-3,8,11-13,15-18H2,(H,26,29)/t23-/m1/s1. The molecule has 0 radical (unpaired) electrons. The molecule has 2 aromatic rings. The molecule has 1 aromatic heterocycles. The molecular weight excluding hydrogens is 394 g/mol. The van der Waals surface area contributed by atoms with Crippen molar-refractivity contribution in [1.29, 1.82) is 0 Å². The molecule has 0 aliphatic carbocycles. The second-order valence-corrected chi connectivity index (χ2v) is 8.51. The number of ether oxygens (including phenoxy) is 1. The highest BCUT2D eigenvalue weighted by molar-refractivity contribution is 5.77. The molecule has 8 heteroatoms. The summed E-state index contributed by atoms with van der Waals surface area (Å²) in [7, 11) is 0. The number of amides is 1.